The number of nitrogens with one attached hydrogen (secondary N) is 3. The largest absolute Gasteiger partial charge is 0.349 e. The average molecular weight is 504 g/mol. The van der Waals surface area contributed by atoms with Crippen LogP contribution in [0.4, 0.5) is 16.0 Å². The number of aromatic nitrogens is 7. The van der Waals surface area contributed by atoms with E-state index in [1.54, 1.807) is 12.3 Å². The first-order valence-corrected chi connectivity index (χ1v) is 12.5. The van der Waals surface area contributed by atoms with E-state index in [-0.39, 0.29) is 23.8 Å². The third-order valence-corrected chi connectivity index (χ3v) is 6.71. The first-order valence-electron chi connectivity index (χ1n) is 12.5. The summed E-state index contributed by atoms with van der Waals surface area (Å²) in [5.74, 6) is 2.56. The Labute approximate surface area is 214 Å². The Bertz CT molecular complexity index is 1370. The number of pyridine rings is 1. The fraction of sp³-hybridized carbons (Fsp3) is 0.385. The molecule has 0 radical (unpaired) electrons. The van der Waals surface area contributed by atoms with Gasteiger partial charge in [-0.1, -0.05) is 6.07 Å². The van der Waals surface area contributed by atoms with Crippen molar-refractivity contribution in [2.75, 3.05) is 5.32 Å². The van der Waals surface area contributed by atoms with Gasteiger partial charge in [-0.25, -0.2) is 24.0 Å². The summed E-state index contributed by atoms with van der Waals surface area (Å²) in [5.41, 5.74) is 2.74. The van der Waals surface area contributed by atoms with Gasteiger partial charge >= 0.3 is 0 Å². The van der Waals surface area contributed by atoms with Gasteiger partial charge in [-0.3, -0.25) is 9.89 Å². The normalized spacial score (nSPS) is 18.4. The molecule has 4 heterocycles. The highest BCUT2D eigenvalue weighted by Gasteiger charge is 2.29. The topological polar surface area (TPSA) is 126 Å². The zero-order valence-corrected chi connectivity index (χ0v) is 21.1. The van der Waals surface area contributed by atoms with Crippen molar-refractivity contribution in [2.24, 2.45) is 5.92 Å². The number of hydrogen-bond donors (Lipinski definition) is 3. The number of carbonyl (C=O) groups is 1. The molecule has 1 atom stereocenters. The summed E-state index contributed by atoms with van der Waals surface area (Å²) in [5, 5.41) is 17.4. The number of aromatic amines is 1. The van der Waals surface area contributed by atoms with Crippen LogP contribution in [0.3, 0.4) is 0 Å². The lowest BCUT2D eigenvalue weighted by Crippen LogP contribution is -2.34. The standard InChI is InChI=1S/C26H30FN9O/c1-15-10-22(32-23-11-16(2)34-35-23)33-25(30-15)18-4-6-19(7-5-18)26(37)31-17(3)20-8-9-24(28-12-20)36-14-21(27)13-29-36/h8-14,17-19H,4-7H2,1-3H3,(H,31,37)(H2,30,32,33,34,35). The van der Waals surface area contributed by atoms with Gasteiger partial charge in [-0.2, -0.15) is 10.2 Å². The molecule has 4 aromatic rings. The minimum absolute atomic E-state index is 0.0468. The molecule has 0 aromatic carbocycles. The van der Waals surface area contributed by atoms with Crippen LogP contribution < -0.4 is 10.6 Å². The summed E-state index contributed by atoms with van der Waals surface area (Å²) in [4.78, 5) is 26.8. The molecule has 0 spiro atoms. The van der Waals surface area contributed by atoms with Crippen molar-refractivity contribution in [3.63, 3.8) is 0 Å². The fourth-order valence-corrected chi connectivity index (χ4v) is 4.70. The van der Waals surface area contributed by atoms with Crippen LogP contribution in [0.1, 0.15) is 67.3 Å². The van der Waals surface area contributed by atoms with Crippen LogP contribution in [-0.2, 0) is 4.79 Å². The smallest absolute Gasteiger partial charge is 0.223 e. The minimum Gasteiger partial charge on any atom is -0.349 e. The molecule has 5 rings (SSSR count). The van der Waals surface area contributed by atoms with E-state index in [0.29, 0.717) is 5.82 Å². The summed E-state index contributed by atoms with van der Waals surface area (Å²) in [6.07, 6.45) is 7.36. The summed E-state index contributed by atoms with van der Waals surface area (Å²) in [6.45, 7) is 5.84. The van der Waals surface area contributed by atoms with E-state index in [1.807, 2.05) is 39.0 Å². The van der Waals surface area contributed by atoms with E-state index < -0.39 is 5.82 Å². The molecule has 1 aliphatic carbocycles. The number of amides is 1. The monoisotopic (exact) mass is 503 g/mol. The maximum atomic E-state index is 13.2. The molecule has 0 aliphatic heterocycles. The van der Waals surface area contributed by atoms with Gasteiger partial charge in [0.15, 0.2) is 17.5 Å². The molecule has 3 N–H and O–H groups in total. The minimum atomic E-state index is -0.420. The molecule has 0 saturated heterocycles. The van der Waals surface area contributed by atoms with Crippen LogP contribution in [0, 0.1) is 25.6 Å². The van der Waals surface area contributed by atoms with Crippen molar-refractivity contribution < 1.29 is 9.18 Å². The quantitative estimate of drug-likeness (QED) is 0.340. The molecular weight excluding hydrogens is 473 g/mol. The fourth-order valence-electron chi connectivity index (χ4n) is 4.70. The van der Waals surface area contributed by atoms with Crippen LogP contribution in [0.2, 0.25) is 0 Å². The molecule has 0 bridgehead atoms. The summed E-state index contributed by atoms with van der Waals surface area (Å²) in [6, 6.07) is 7.26. The second-order valence-corrected chi connectivity index (χ2v) is 9.65. The van der Waals surface area contributed by atoms with Crippen LogP contribution in [0.15, 0.2) is 42.9 Å². The summed E-state index contributed by atoms with van der Waals surface area (Å²) < 4.78 is 14.6. The van der Waals surface area contributed by atoms with Gasteiger partial charge in [0.25, 0.3) is 0 Å². The molecule has 4 aromatic heterocycles. The van der Waals surface area contributed by atoms with Gasteiger partial charge in [0.2, 0.25) is 5.91 Å². The predicted molar refractivity (Wildman–Crippen MR) is 136 cm³/mol. The summed E-state index contributed by atoms with van der Waals surface area (Å²) in [7, 11) is 0. The van der Waals surface area contributed by atoms with E-state index in [9.17, 15) is 9.18 Å². The number of nitrogens with zero attached hydrogens (tertiary/aromatic N) is 6. The number of carbonyl (C=O) groups excluding carboxylic acids is 1. The number of H-pyrrole nitrogens is 1. The van der Waals surface area contributed by atoms with Gasteiger partial charge in [0.05, 0.1) is 18.4 Å². The Morgan fingerprint density at radius 1 is 1.11 bits per heavy atom. The van der Waals surface area contributed by atoms with Crippen molar-refractivity contribution in [2.45, 2.75) is 58.4 Å². The number of anilines is 2. The molecule has 1 aliphatic rings. The Morgan fingerprint density at radius 2 is 1.92 bits per heavy atom. The van der Waals surface area contributed by atoms with Crippen LogP contribution >= 0.6 is 0 Å². The van der Waals surface area contributed by atoms with Crippen LogP contribution in [0.25, 0.3) is 5.82 Å². The highest BCUT2D eigenvalue weighted by atomic mass is 19.1. The third kappa shape index (κ3) is 5.82. The maximum Gasteiger partial charge on any atom is 0.223 e. The zero-order chi connectivity index (χ0) is 25.9. The molecule has 1 saturated carbocycles. The third-order valence-electron chi connectivity index (χ3n) is 6.71. The van der Waals surface area contributed by atoms with Gasteiger partial charge in [0, 0.05) is 41.6 Å². The molecule has 1 fully saturated rings. The van der Waals surface area contributed by atoms with Gasteiger partial charge in [-0.05, 0) is 58.1 Å². The Hall–Kier alpha value is -4.15. The van der Waals surface area contributed by atoms with E-state index in [4.69, 9.17) is 4.98 Å². The molecule has 192 valence electrons. The lowest BCUT2D eigenvalue weighted by molar-refractivity contribution is -0.126. The van der Waals surface area contributed by atoms with Gasteiger partial charge < -0.3 is 10.6 Å². The lowest BCUT2D eigenvalue weighted by Gasteiger charge is -2.28. The number of halogens is 1. The van der Waals surface area contributed by atoms with Gasteiger partial charge in [0.1, 0.15) is 11.6 Å². The average Bonchev–Trinajstić information content (AvgIpc) is 3.51. The van der Waals surface area contributed by atoms with Crippen molar-refractivity contribution in [3.8, 4) is 5.82 Å². The van der Waals surface area contributed by atoms with Crippen molar-refractivity contribution in [3.05, 3.63) is 71.4 Å². The Morgan fingerprint density at radius 3 is 2.57 bits per heavy atom. The lowest BCUT2D eigenvalue weighted by atomic mass is 9.81. The molecule has 1 unspecified atom stereocenters. The second kappa shape index (κ2) is 10.5. The highest BCUT2D eigenvalue weighted by Crippen LogP contribution is 2.35. The Balaban J connectivity index is 1.16. The predicted octanol–water partition coefficient (Wildman–Crippen LogP) is 4.43. The first-order chi connectivity index (χ1) is 17.8. The number of aryl methyl sites for hydroxylation is 2. The van der Waals surface area contributed by atoms with E-state index in [2.05, 4.69) is 35.9 Å². The van der Waals surface area contributed by atoms with E-state index in [1.165, 1.54) is 10.9 Å². The molecule has 37 heavy (non-hydrogen) atoms. The second-order valence-electron chi connectivity index (χ2n) is 9.65. The van der Waals surface area contributed by atoms with Crippen LogP contribution in [-0.4, -0.2) is 40.8 Å². The highest BCUT2D eigenvalue weighted by molar-refractivity contribution is 5.79. The van der Waals surface area contributed by atoms with E-state index in [0.717, 1.165) is 66.3 Å². The van der Waals surface area contributed by atoms with Crippen molar-refractivity contribution in [1.29, 1.82) is 0 Å². The first kappa shape index (κ1) is 24.5. The SMILES string of the molecule is Cc1cc(Nc2cc(C)[nH]n2)nc(C2CCC(C(=O)NC(C)c3ccc(-n4cc(F)cn4)nc3)CC2)n1. The Kier molecular flexibility index (Phi) is 6.93. The van der Waals surface area contributed by atoms with Gasteiger partial charge in [-0.15, -0.1) is 0 Å². The van der Waals surface area contributed by atoms with Crippen LogP contribution in [0.5, 0.6) is 0 Å². The number of rotatable bonds is 7. The molecule has 11 heteroatoms. The molecule has 10 nitrogen and oxygen atoms in total. The zero-order valence-electron chi connectivity index (χ0n) is 21.1. The summed E-state index contributed by atoms with van der Waals surface area (Å²) >= 11 is 0. The van der Waals surface area contributed by atoms with Crippen molar-refractivity contribution >= 4 is 17.5 Å². The maximum absolute atomic E-state index is 13.2. The number of hydrogen-bond acceptors (Lipinski definition) is 7. The molecular formula is C26H30FN9O. The van der Waals surface area contributed by atoms with Crippen molar-refractivity contribution in [1.82, 2.24) is 40.2 Å². The van der Waals surface area contributed by atoms with E-state index >= 15 is 0 Å². The molecule has 1 amide bonds.